The molecule has 0 unspecified atom stereocenters. The number of nitrogens with one attached hydrogen (secondary N) is 2. The first kappa shape index (κ1) is 19.4. The Morgan fingerprint density at radius 3 is 2.47 bits per heavy atom. The van der Waals surface area contributed by atoms with E-state index in [4.69, 9.17) is 9.47 Å². The highest BCUT2D eigenvalue weighted by Gasteiger charge is 2.19. The molecular formula is C22H17F2N3O3. The highest BCUT2D eigenvalue weighted by molar-refractivity contribution is 6.08. The van der Waals surface area contributed by atoms with Gasteiger partial charge < -0.3 is 14.8 Å². The second kappa shape index (κ2) is 7.82. The van der Waals surface area contributed by atoms with E-state index in [1.807, 2.05) is 18.2 Å². The van der Waals surface area contributed by atoms with Crippen LogP contribution in [0.15, 0.2) is 54.6 Å². The van der Waals surface area contributed by atoms with Crippen molar-refractivity contribution in [3.8, 4) is 22.6 Å². The zero-order valence-electron chi connectivity index (χ0n) is 16.1. The molecule has 0 aliphatic heterocycles. The predicted octanol–water partition coefficient (Wildman–Crippen LogP) is 4.78. The molecule has 8 heteroatoms. The molecule has 4 rings (SSSR count). The van der Waals surface area contributed by atoms with Gasteiger partial charge in [0.1, 0.15) is 28.7 Å². The van der Waals surface area contributed by atoms with Crippen LogP contribution in [-0.4, -0.2) is 30.3 Å². The number of aromatic nitrogens is 2. The Kier molecular flexibility index (Phi) is 5.05. The minimum Gasteiger partial charge on any atom is -0.497 e. The van der Waals surface area contributed by atoms with Crippen LogP contribution in [0.5, 0.6) is 11.5 Å². The van der Waals surface area contributed by atoms with Gasteiger partial charge in [0.2, 0.25) is 0 Å². The number of carbonyl (C=O) groups excluding carboxylic acids is 1. The van der Waals surface area contributed by atoms with Gasteiger partial charge in [-0.1, -0.05) is 12.1 Å². The summed E-state index contributed by atoms with van der Waals surface area (Å²) in [6.07, 6.45) is 0. The van der Waals surface area contributed by atoms with Gasteiger partial charge >= 0.3 is 0 Å². The van der Waals surface area contributed by atoms with E-state index in [1.165, 1.54) is 6.07 Å². The minimum absolute atomic E-state index is 0.168. The molecule has 0 bridgehead atoms. The Labute approximate surface area is 170 Å². The molecule has 0 saturated heterocycles. The van der Waals surface area contributed by atoms with Crippen molar-refractivity contribution in [2.24, 2.45) is 0 Å². The predicted molar refractivity (Wildman–Crippen MR) is 109 cm³/mol. The van der Waals surface area contributed by atoms with Crippen LogP contribution < -0.4 is 14.8 Å². The first-order valence-corrected chi connectivity index (χ1v) is 8.97. The van der Waals surface area contributed by atoms with E-state index >= 15 is 0 Å². The Hall–Kier alpha value is -3.94. The molecule has 30 heavy (non-hydrogen) atoms. The molecule has 0 spiro atoms. The fourth-order valence-electron chi connectivity index (χ4n) is 3.21. The average molecular weight is 409 g/mol. The lowest BCUT2D eigenvalue weighted by atomic mass is 10.0. The molecule has 1 aromatic heterocycles. The number of hydrogen-bond donors (Lipinski definition) is 2. The van der Waals surface area contributed by atoms with Crippen molar-refractivity contribution in [2.75, 3.05) is 19.5 Å². The monoisotopic (exact) mass is 409 g/mol. The molecular weight excluding hydrogens is 392 g/mol. The van der Waals surface area contributed by atoms with Crippen LogP contribution in [0.3, 0.4) is 0 Å². The van der Waals surface area contributed by atoms with Crippen molar-refractivity contribution in [1.82, 2.24) is 10.2 Å². The number of methoxy groups -OCH3 is 2. The Bertz CT molecular complexity index is 1230. The number of H-pyrrole nitrogens is 1. The number of benzene rings is 3. The lowest BCUT2D eigenvalue weighted by molar-refractivity contribution is 0.101. The second-order valence-electron chi connectivity index (χ2n) is 6.45. The summed E-state index contributed by atoms with van der Waals surface area (Å²) in [6, 6.07) is 14.1. The first-order chi connectivity index (χ1) is 14.5. The standard InChI is InChI=1S/C22H17F2N3O3/c1-29-13-7-9-19(30-2)15(11-13)12-6-8-14-18(10-12)26-27-21(14)25-22(28)20-16(23)4-3-5-17(20)24/h3-11H,1-2H3,(H2,25,26,27,28). The summed E-state index contributed by atoms with van der Waals surface area (Å²) >= 11 is 0. The van der Waals surface area contributed by atoms with Crippen LogP contribution in [0.1, 0.15) is 10.4 Å². The summed E-state index contributed by atoms with van der Waals surface area (Å²) in [5, 5.41) is 9.95. The van der Waals surface area contributed by atoms with Crippen molar-refractivity contribution in [3.05, 3.63) is 71.8 Å². The third-order valence-electron chi connectivity index (χ3n) is 4.70. The maximum atomic E-state index is 13.9. The summed E-state index contributed by atoms with van der Waals surface area (Å²) in [7, 11) is 3.16. The van der Waals surface area contributed by atoms with E-state index < -0.39 is 23.1 Å². The number of fused-ring (bicyclic) bond motifs is 1. The number of nitrogens with zero attached hydrogens (tertiary/aromatic N) is 1. The largest absolute Gasteiger partial charge is 0.497 e. The normalized spacial score (nSPS) is 10.8. The first-order valence-electron chi connectivity index (χ1n) is 8.97. The molecule has 152 valence electrons. The molecule has 1 heterocycles. The molecule has 0 radical (unpaired) electrons. The number of carbonyl (C=O) groups is 1. The average Bonchev–Trinajstić information content (AvgIpc) is 3.15. The summed E-state index contributed by atoms with van der Waals surface area (Å²) in [5.41, 5.74) is 1.61. The Balaban J connectivity index is 1.69. The molecule has 0 atom stereocenters. The summed E-state index contributed by atoms with van der Waals surface area (Å²) in [6.45, 7) is 0. The third-order valence-corrected chi connectivity index (χ3v) is 4.70. The molecule has 2 N–H and O–H groups in total. The minimum atomic E-state index is -0.945. The number of hydrogen-bond acceptors (Lipinski definition) is 4. The molecule has 1 amide bonds. The number of amides is 1. The van der Waals surface area contributed by atoms with E-state index in [1.54, 1.807) is 32.4 Å². The van der Waals surface area contributed by atoms with Crippen molar-refractivity contribution in [2.45, 2.75) is 0 Å². The van der Waals surface area contributed by atoms with Gasteiger partial charge in [0.15, 0.2) is 5.82 Å². The molecule has 6 nitrogen and oxygen atoms in total. The number of anilines is 1. The zero-order valence-corrected chi connectivity index (χ0v) is 16.1. The van der Waals surface area contributed by atoms with E-state index in [2.05, 4.69) is 15.5 Å². The van der Waals surface area contributed by atoms with E-state index in [0.717, 1.165) is 23.3 Å². The lowest BCUT2D eigenvalue weighted by Crippen LogP contribution is -2.16. The summed E-state index contributed by atoms with van der Waals surface area (Å²) in [4.78, 5) is 12.4. The summed E-state index contributed by atoms with van der Waals surface area (Å²) < 4.78 is 38.5. The maximum absolute atomic E-state index is 13.9. The van der Waals surface area contributed by atoms with Crippen LogP contribution in [0.4, 0.5) is 14.6 Å². The van der Waals surface area contributed by atoms with E-state index in [0.29, 0.717) is 22.4 Å². The summed E-state index contributed by atoms with van der Waals surface area (Å²) in [5.74, 6) is -1.30. The molecule has 0 saturated carbocycles. The molecule has 0 aliphatic carbocycles. The van der Waals surface area contributed by atoms with E-state index in [9.17, 15) is 13.6 Å². The van der Waals surface area contributed by atoms with Crippen molar-refractivity contribution >= 4 is 22.6 Å². The molecule has 0 fully saturated rings. The van der Waals surface area contributed by atoms with Gasteiger partial charge in [-0.3, -0.25) is 9.89 Å². The van der Waals surface area contributed by atoms with Crippen LogP contribution in [0, 0.1) is 11.6 Å². The molecule has 0 aliphatic rings. The van der Waals surface area contributed by atoms with E-state index in [-0.39, 0.29) is 5.82 Å². The van der Waals surface area contributed by atoms with Crippen LogP contribution in [-0.2, 0) is 0 Å². The van der Waals surface area contributed by atoms with Gasteiger partial charge in [-0.15, -0.1) is 0 Å². The topological polar surface area (TPSA) is 76.2 Å². The molecule has 4 aromatic rings. The zero-order chi connectivity index (χ0) is 21.3. The van der Waals surface area contributed by atoms with Gasteiger partial charge in [-0.2, -0.15) is 5.10 Å². The van der Waals surface area contributed by atoms with Gasteiger partial charge in [0.25, 0.3) is 5.91 Å². The lowest BCUT2D eigenvalue weighted by Gasteiger charge is -2.11. The number of rotatable bonds is 5. The van der Waals surface area contributed by atoms with Crippen molar-refractivity contribution in [3.63, 3.8) is 0 Å². The second-order valence-corrected chi connectivity index (χ2v) is 6.45. The number of halogens is 2. The van der Waals surface area contributed by atoms with Crippen molar-refractivity contribution in [1.29, 1.82) is 0 Å². The Morgan fingerprint density at radius 1 is 1.00 bits per heavy atom. The van der Waals surface area contributed by atoms with Crippen LogP contribution in [0.25, 0.3) is 22.0 Å². The quantitative estimate of drug-likeness (QED) is 0.498. The smallest absolute Gasteiger partial charge is 0.262 e. The van der Waals surface area contributed by atoms with Crippen LogP contribution >= 0.6 is 0 Å². The number of ether oxygens (including phenoxy) is 2. The molecule has 3 aromatic carbocycles. The number of aromatic amines is 1. The fraction of sp³-hybridized carbons (Fsp3) is 0.0909. The van der Waals surface area contributed by atoms with Crippen LogP contribution in [0.2, 0.25) is 0 Å². The SMILES string of the molecule is COc1ccc(OC)c(-c2ccc3c(NC(=O)c4c(F)cccc4F)n[nH]c3c2)c1. The highest BCUT2D eigenvalue weighted by atomic mass is 19.1. The van der Waals surface area contributed by atoms with Gasteiger partial charge in [-0.25, -0.2) is 8.78 Å². The van der Waals surface area contributed by atoms with Crippen molar-refractivity contribution < 1.29 is 23.0 Å². The van der Waals surface area contributed by atoms with Gasteiger partial charge in [0, 0.05) is 10.9 Å². The Morgan fingerprint density at radius 2 is 1.77 bits per heavy atom. The third kappa shape index (κ3) is 3.43. The van der Waals surface area contributed by atoms with Gasteiger partial charge in [-0.05, 0) is 48.0 Å². The fourth-order valence-corrected chi connectivity index (χ4v) is 3.21. The highest BCUT2D eigenvalue weighted by Crippen LogP contribution is 2.35. The van der Waals surface area contributed by atoms with Gasteiger partial charge in [0.05, 0.1) is 19.7 Å². The maximum Gasteiger partial charge on any atom is 0.262 e.